The van der Waals surface area contributed by atoms with E-state index in [0.717, 1.165) is 18.9 Å². The van der Waals surface area contributed by atoms with Gasteiger partial charge in [-0.05, 0) is 30.6 Å². The molecule has 0 saturated heterocycles. The fourth-order valence-corrected chi connectivity index (χ4v) is 3.40. The van der Waals surface area contributed by atoms with Crippen molar-refractivity contribution in [2.45, 2.75) is 52.0 Å². The Hall–Kier alpha value is -1.03. The van der Waals surface area contributed by atoms with Crippen LogP contribution in [0.5, 0.6) is 0 Å². The van der Waals surface area contributed by atoms with Crippen molar-refractivity contribution in [3.63, 3.8) is 0 Å². The summed E-state index contributed by atoms with van der Waals surface area (Å²) in [6, 6.07) is -0.0361. The van der Waals surface area contributed by atoms with Crippen molar-refractivity contribution < 1.29 is 9.90 Å². The quantitative estimate of drug-likeness (QED) is 0.677. The van der Waals surface area contributed by atoms with E-state index in [4.69, 9.17) is 5.11 Å². The van der Waals surface area contributed by atoms with Gasteiger partial charge < -0.3 is 15.7 Å². The minimum Gasteiger partial charge on any atom is -0.396 e. The Bertz CT molecular complexity index is 359. The average molecular weight is 280 g/mol. The van der Waals surface area contributed by atoms with Gasteiger partial charge in [-0.15, -0.1) is 0 Å². The number of nitrogens with one attached hydrogen (secondary N) is 2. The summed E-state index contributed by atoms with van der Waals surface area (Å²) in [6.07, 6.45) is 10.00. The number of hydrogen-bond acceptors (Lipinski definition) is 2. The molecule has 20 heavy (non-hydrogen) atoms. The third-order valence-electron chi connectivity index (χ3n) is 4.89. The summed E-state index contributed by atoms with van der Waals surface area (Å²) in [7, 11) is 0. The number of urea groups is 1. The number of amides is 2. The lowest BCUT2D eigenvalue weighted by Gasteiger charge is -2.32. The summed E-state index contributed by atoms with van der Waals surface area (Å²) >= 11 is 0. The first-order valence-electron chi connectivity index (χ1n) is 7.85. The molecule has 0 aromatic rings. The molecule has 0 unspecified atom stereocenters. The molecule has 2 amide bonds. The van der Waals surface area contributed by atoms with Crippen molar-refractivity contribution in [3.8, 4) is 0 Å². The van der Waals surface area contributed by atoms with Crippen molar-refractivity contribution >= 4 is 6.03 Å². The molecule has 0 heterocycles. The van der Waals surface area contributed by atoms with Crippen LogP contribution in [0.4, 0.5) is 4.79 Å². The molecule has 0 aromatic heterocycles. The first kappa shape index (κ1) is 15.4. The number of carbonyl (C=O) groups excluding carboxylic acids is 1. The van der Waals surface area contributed by atoms with Gasteiger partial charge in [0.05, 0.1) is 0 Å². The Morgan fingerprint density at radius 3 is 2.60 bits per heavy atom. The van der Waals surface area contributed by atoms with Crippen LogP contribution in [0.2, 0.25) is 0 Å². The van der Waals surface area contributed by atoms with Crippen LogP contribution in [0.1, 0.15) is 46.0 Å². The van der Waals surface area contributed by atoms with Crippen molar-refractivity contribution in [1.82, 2.24) is 10.6 Å². The predicted molar refractivity (Wildman–Crippen MR) is 80.4 cm³/mol. The largest absolute Gasteiger partial charge is 0.396 e. The number of hydrogen-bond donors (Lipinski definition) is 3. The summed E-state index contributed by atoms with van der Waals surface area (Å²) in [5, 5.41) is 15.0. The molecule has 1 saturated carbocycles. The van der Waals surface area contributed by atoms with Gasteiger partial charge in [-0.1, -0.05) is 38.8 Å². The Morgan fingerprint density at radius 2 is 2.00 bits per heavy atom. The Kier molecular flexibility index (Phi) is 5.08. The van der Waals surface area contributed by atoms with E-state index in [2.05, 4.69) is 24.5 Å². The van der Waals surface area contributed by atoms with Gasteiger partial charge in [0.15, 0.2) is 0 Å². The molecule has 4 nitrogen and oxygen atoms in total. The van der Waals surface area contributed by atoms with E-state index < -0.39 is 0 Å². The lowest BCUT2D eigenvalue weighted by molar-refractivity contribution is 0.197. The maximum Gasteiger partial charge on any atom is 0.315 e. The van der Waals surface area contributed by atoms with Gasteiger partial charge in [-0.25, -0.2) is 4.79 Å². The molecular formula is C16H28N2O2. The lowest BCUT2D eigenvalue weighted by Crippen LogP contribution is -2.45. The highest BCUT2D eigenvalue weighted by atomic mass is 16.3. The molecule has 0 bridgehead atoms. The Labute approximate surface area is 122 Å². The highest BCUT2D eigenvalue weighted by Crippen LogP contribution is 2.38. The zero-order valence-electron chi connectivity index (χ0n) is 12.7. The topological polar surface area (TPSA) is 61.4 Å². The molecule has 2 atom stereocenters. The van der Waals surface area contributed by atoms with Gasteiger partial charge in [0.2, 0.25) is 0 Å². The van der Waals surface area contributed by atoms with Crippen LogP contribution in [-0.4, -0.2) is 30.3 Å². The molecule has 2 rings (SSSR count). The minimum absolute atomic E-state index is 0.0572. The highest BCUT2D eigenvalue weighted by Gasteiger charge is 2.32. The molecule has 0 aromatic carbocycles. The van der Waals surface area contributed by atoms with Gasteiger partial charge in [-0.3, -0.25) is 0 Å². The summed E-state index contributed by atoms with van der Waals surface area (Å²) in [5.41, 5.74) is 0.174. The number of aliphatic hydroxyl groups is 1. The van der Waals surface area contributed by atoms with Gasteiger partial charge in [-0.2, -0.15) is 0 Å². The van der Waals surface area contributed by atoms with Crippen molar-refractivity contribution in [2.75, 3.05) is 13.2 Å². The highest BCUT2D eigenvalue weighted by molar-refractivity contribution is 5.74. The van der Waals surface area contributed by atoms with Crippen molar-refractivity contribution in [1.29, 1.82) is 0 Å². The van der Waals surface area contributed by atoms with Crippen molar-refractivity contribution in [2.24, 2.45) is 17.3 Å². The second-order valence-electron chi connectivity index (χ2n) is 6.97. The minimum atomic E-state index is -0.0932. The average Bonchev–Trinajstić information content (AvgIpc) is 3.07. The van der Waals surface area contributed by atoms with E-state index in [0.29, 0.717) is 0 Å². The summed E-state index contributed by atoms with van der Waals surface area (Å²) in [4.78, 5) is 11.9. The van der Waals surface area contributed by atoms with Gasteiger partial charge in [0.1, 0.15) is 0 Å². The van der Waals surface area contributed by atoms with Crippen LogP contribution in [0.15, 0.2) is 12.2 Å². The zero-order chi connectivity index (χ0) is 14.6. The van der Waals surface area contributed by atoms with E-state index in [-0.39, 0.29) is 30.0 Å². The molecule has 3 N–H and O–H groups in total. The van der Waals surface area contributed by atoms with Gasteiger partial charge in [0, 0.05) is 25.1 Å². The second-order valence-corrected chi connectivity index (χ2v) is 6.97. The smallest absolute Gasteiger partial charge is 0.315 e. The lowest BCUT2D eigenvalue weighted by atomic mass is 9.78. The third-order valence-corrected chi connectivity index (χ3v) is 4.89. The van der Waals surface area contributed by atoms with Crippen LogP contribution in [0.3, 0.4) is 0 Å². The molecule has 0 radical (unpaired) electrons. The first-order valence-corrected chi connectivity index (χ1v) is 7.85. The Balaban J connectivity index is 1.71. The van der Waals surface area contributed by atoms with E-state index in [1.54, 1.807) is 0 Å². The van der Waals surface area contributed by atoms with Crippen molar-refractivity contribution in [3.05, 3.63) is 12.2 Å². The normalized spacial score (nSPS) is 26.9. The molecular weight excluding hydrogens is 252 g/mol. The summed E-state index contributed by atoms with van der Waals surface area (Å²) in [5.74, 6) is 0.920. The molecule has 0 aliphatic heterocycles. The maximum absolute atomic E-state index is 11.9. The van der Waals surface area contributed by atoms with Gasteiger partial charge in [0.25, 0.3) is 0 Å². The number of carbonyl (C=O) groups is 1. The van der Waals surface area contributed by atoms with Crippen LogP contribution in [-0.2, 0) is 0 Å². The third kappa shape index (κ3) is 3.98. The van der Waals surface area contributed by atoms with Gasteiger partial charge >= 0.3 is 6.03 Å². The molecule has 2 aliphatic carbocycles. The standard InChI is InChI=1S/C16H28N2O2/c1-16(2,13-5-3-4-6-13)11-17-15(20)18-14-8-7-12(9-14)10-19/h7-8,12-14,19H,3-6,9-11H2,1-2H3,(H2,17,18,20)/t12-,14+/m0/s1. The molecule has 114 valence electrons. The van der Waals surface area contributed by atoms with E-state index in [1.165, 1.54) is 25.7 Å². The van der Waals surface area contributed by atoms with Crippen LogP contribution in [0.25, 0.3) is 0 Å². The fourth-order valence-electron chi connectivity index (χ4n) is 3.40. The number of aliphatic hydroxyl groups excluding tert-OH is 1. The number of rotatable bonds is 5. The summed E-state index contributed by atoms with van der Waals surface area (Å²) < 4.78 is 0. The Morgan fingerprint density at radius 1 is 1.30 bits per heavy atom. The molecule has 4 heteroatoms. The maximum atomic E-state index is 11.9. The molecule has 2 aliphatic rings. The van der Waals surface area contributed by atoms with Crippen LogP contribution >= 0.6 is 0 Å². The fraction of sp³-hybridized carbons (Fsp3) is 0.812. The van der Waals surface area contributed by atoms with E-state index >= 15 is 0 Å². The molecule has 0 spiro atoms. The predicted octanol–water partition coefficient (Wildman–Crippen LogP) is 2.44. The van der Waals surface area contributed by atoms with Crippen LogP contribution < -0.4 is 10.6 Å². The van der Waals surface area contributed by atoms with E-state index in [9.17, 15) is 4.79 Å². The first-order chi connectivity index (χ1) is 9.51. The van der Waals surface area contributed by atoms with Crippen LogP contribution in [0, 0.1) is 17.3 Å². The second kappa shape index (κ2) is 6.61. The van der Waals surface area contributed by atoms with E-state index in [1.807, 2.05) is 12.2 Å². The monoisotopic (exact) mass is 280 g/mol. The molecule has 1 fully saturated rings. The SMILES string of the molecule is CC(C)(CNC(=O)N[C@@H]1C=C[C@H](CO)C1)C1CCCC1. The zero-order valence-corrected chi connectivity index (χ0v) is 12.7. The summed E-state index contributed by atoms with van der Waals surface area (Å²) in [6.45, 7) is 5.38.